The Balaban J connectivity index is 2.06. The fraction of sp³-hybridized carbons (Fsp3) is 0.294. The van der Waals surface area contributed by atoms with Crippen LogP contribution >= 0.6 is 11.3 Å². The van der Waals surface area contributed by atoms with Crippen LogP contribution < -0.4 is 4.72 Å². The van der Waals surface area contributed by atoms with E-state index in [9.17, 15) is 18.0 Å². The second-order valence-corrected chi connectivity index (χ2v) is 8.55. The zero-order valence-corrected chi connectivity index (χ0v) is 15.8. The van der Waals surface area contributed by atoms with Gasteiger partial charge in [0.1, 0.15) is 10.8 Å². The Bertz CT molecular complexity index is 835. The summed E-state index contributed by atoms with van der Waals surface area (Å²) in [6.45, 7) is 1.10. The van der Waals surface area contributed by atoms with Crippen molar-refractivity contribution in [1.29, 1.82) is 0 Å². The Kier molecular flexibility index (Phi) is 6.90. The predicted molar refractivity (Wildman–Crippen MR) is 98.5 cm³/mol. The van der Waals surface area contributed by atoms with Gasteiger partial charge in [-0.1, -0.05) is 36.4 Å². The Morgan fingerprint density at radius 3 is 2.46 bits per heavy atom. The maximum absolute atomic E-state index is 12.6. The van der Waals surface area contributed by atoms with Crippen LogP contribution in [0.2, 0.25) is 0 Å². The van der Waals surface area contributed by atoms with Crippen LogP contribution in [0.4, 0.5) is 0 Å². The highest BCUT2D eigenvalue weighted by Crippen LogP contribution is 2.16. The van der Waals surface area contributed by atoms with Gasteiger partial charge in [0.25, 0.3) is 10.0 Å². The van der Waals surface area contributed by atoms with Gasteiger partial charge in [0.2, 0.25) is 5.91 Å². The van der Waals surface area contributed by atoms with Crippen LogP contribution in [0.15, 0.2) is 52.1 Å². The number of nitrogens with one attached hydrogen (secondary N) is 1. The molecule has 0 aliphatic heterocycles. The van der Waals surface area contributed by atoms with Crippen molar-refractivity contribution < 1.29 is 23.1 Å². The lowest BCUT2D eigenvalue weighted by Gasteiger charge is -2.24. The van der Waals surface area contributed by atoms with E-state index in [0.717, 1.165) is 21.8 Å². The van der Waals surface area contributed by atoms with Gasteiger partial charge in [0.15, 0.2) is 0 Å². The first-order valence-corrected chi connectivity index (χ1v) is 10.3. The van der Waals surface area contributed by atoms with Crippen LogP contribution in [0.25, 0.3) is 0 Å². The van der Waals surface area contributed by atoms with Crippen molar-refractivity contribution in [1.82, 2.24) is 9.62 Å². The highest BCUT2D eigenvalue weighted by Gasteiger charge is 2.27. The fourth-order valence-corrected chi connectivity index (χ4v) is 4.58. The SMILES string of the molecule is CC(NS(=O)(=O)c1cccs1)C(=O)N(CCc1ccccc1)CC(=O)O. The monoisotopic (exact) mass is 396 g/mol. The first-order valence-electron chi connectivity index (χ1n) is 7.90. The van der Waals surface area contributed by atoms with Crippen molar-refractivity contribution >= 4 is 33.2 Å². The molecule has 1 unspecified atom stereocenters. The van der Waals surface area contributed by atoms with Crippen molar-refractivity contribution in [3.63, 3.8) is 0 Å². The zero-order valence-electron chi connectivity index (χ0n) is 14.2. The van der Waals surface area contributed by atoms with Crippen LogP contribution in [-0.4, -0.2) is 49.4 Å². The summed E-state index contributed by atoms with van der Waals surface area (Å²) < 4.78 is 26.9. The molecule has 26 heavy (non-hydrogen) atoms. The molecule has 1 aromatic heterocycles. The van der Waals surface area contributed by atoms with Crippen molar-refractivity contribution in [2.45, 2.75) is 23.6 Å². The molecule has 0 fully saturated rings. The maximum Gasteiger partial charge on any atom is 0.323 e. The van der Waals surface area contributed by atoms with Gasteiger partial charge < -0.3 is 10.0 Å². The summed E-state index contributed by atoms with van der Waals surface area (Å²) in [6.07, 6.45) is 0.476. The molecular weight excluding hydrogens is 376 g/mol. The van der Waals surface area contributed by atoms with Gasteiger partial charge in [-0.05, 0) is 30.4 Å². The molecule has 140 valence electrons. The molecule has 0 spiro atoms. The summed E-state index contributed by atoms with van der Waals surface area (Å²) in [5, 5.41) is 10.7. The average molecular weight is 396 g/mol. The van der Waals surface area contributed by atoms with Gasteiger partial charge in [-0.2, -0.15) is 4.72 Å². The number of carboxylic acids is 1. The molecule has 2 rings (SSSR count). The molecule has 1 aromatic carbocycles. The third kappa shape index (κ3) is 5.65. The normalized spacial score (nSPS) is 12.5. The van der Waals surface area contributed by atoms with E-state index < -0.39 is 34.5 Å². The van der Waals surface area contributed by atoms with Gasteiger partial charge in [0, 0.05) is 6.54 Å². The molecule has 1 amide bonds. The lowest BCUT2D eigenvalue weighted by molar-refractivity contribution is -0.144. The smallest absolute Gasteiger partial charge is 0.323 e. The standard InChI is InChI=1S/C17H20N2O5S2/c1-13(18-26(23,24)16-8-5-11-25-16)17(22)19(12-15(20)21)10-9-14-6-3-2-4-7-14/h2-8,11,13,18H,9-10,12H2,1H3,(H,20,21). The molecule has 0 saturated carbocycles. The number of hydrogen-bond acceptors (Lipinski definition) is 5. The summed E-state index contributed by atoms with van der Waals surface area (Å²) in [7, 11) is -3.82. The first-order chi connectivity index (χ1) is 12.3. The molecule has 2 N–H and O–H groups in total. The number of hydrogen-bond donors (Lipinski definition) is 2. The molecule has 1 heterocycles. The molecule has 0 bridgehead atoms. The summed E-state index contributed by atoms with van der Waals surface area (Å²) in [5.74, 6) is -1.73. The van der Waals surface area contributed by atoms with E-state index in [1.807, 2.05) is 30.3 Å². The molecule has 0 radical (unpaired) electrons. The summed E-state index contributed by atoms with van der Waals surface area (Å²) >= 11 is 1.04. The van der Waals surface area contributed by atoms with Gasteiger partial charge in [0.05, 0.1) is 6.04 Å². The molecule has 9 heteroatoms. The molecule has 0 saturated heterocycles. The lowest BCUT2D eigenvalue weighted by Crippen LogP contribution is -2.48. The number of carbonyl (C=O) groups excluding carboxylic acids is 1. The topological polar surface area (TPSA) is 104 Å². The van der Waals surface area contributed by atoms with E-state index in [-0.39, 0.29) is 10.8 Å². The minimum Gasteiger partial charge on any atom is -0.480 e. The highest BCUT2D eigenvalue weighted by atomic mass is 32.2. The molecular formula is C17H20N2O5S2. The van der Waals surface area contributed by atoms with Crippen LogP contribution in [0.5, 0.6) is 0 Å². The van der Waals surface area contributed by atoms with Crippen LogP contribution in [-0.2, 0) is 26.0 Å². The number of amides is 1. The van der Waals surface area contributed by atoms with E-state index in [4.69, 9.17) is 5.11 Å². The molecule has 2 aromatic rings. The number of benzene rings is 1. The maximum atomic E-state index is 12.6. The summed E-state index contributed by atoms with van der Waals surface area (Å²) in [5.41, 5.74) is 0.961. The van der Waals surface area contributed by atoms with Crippen molar-refractivity contribution in [2.24, 2.45) is 0 Å². The number of rotatable bonds is 9. The zero-order chi connectivity index (χ0) is 19.2. The molecule has 1 atom stereocenters. The van der Waals surface area contributed by atoms with Crippen molar-refractivity contribution in [3.05, 3.63) is 53.4 Å². The Morgan fingerprint density at radius 1 is 1.19 bits per heavy atom. The number of thiophene rings is 1. The minimum atomic E-state index is -3.82. The van der Waals surface area contributed by atoms with Crippen molar-refractivity contribution in [2.75, 3.05) is 13.1 Å². The van der Waals surface area contributed by atoms with E-state index in [1.165, 1.54) is 13.0 Å². The van der Waals surface area contributed by atoms with Crippen LogP contribution in [0.1, 0.15) is 12.5 Å². The van der Waals surface area contributed by atoms with Gasteiger partial charge in [-0.15, -0.1) is 11.3 Å². The Morgan fingerprint density at radius 2 is 1.88 bits per heavy atom. The minimum absolute atomic E-state index is 0.103. The second kappa shape index (κ2) is 8.93. The Labute approximate surface area is 156 Å². The summed E-state index contributed by atoms with van der Waals surface area (Å²) in [4.78, 5) is 24.8. The predicted octanol–water partition coefficient (Wildman–Crippen LogP) is 1.57. The Hall–Kier alpha value is -2.23. The quantitative estimate of drug-likeness (QED) is 0.670. The number of sulfonamides is 1. The number of carbonyl (C=O) groups is 2. The van der Waals surface area contributed by atoms with E-state index >= 15 is 0 Å². The van der Waals surface area contributed by atoms with E-state index in [0.29, 0.717) is 6.42 Å². The third-order valence-electron chi connectivity index (χ3n) is 3.61. The van der Waals surface area contributed by atoms with Crippen molar-refractivity contribution in [3.8, 4) is 0 Å². The summed E-state index contributed by atoms with van der Waals surface area (Å²) in [6, 6.07) is 11.3. The first kappa shape index (κ1) is 20.1. The van der Waals surface area contributed by atoms with E-state index in [1.54, 1.807) is 11.4 Å². The number of aliphatic carboxylic acids is 1. The fourth-order valence-electron chi connectivity index (χ4n) is 2.37. The van der Waals surface area contributed by atoms with Gasteiger partial charge >= 0.3 is 5.97 Å². The number of carboxylic acid groups (broad SMARTS) is 1. The molecule has 0 aliphatic carbocycles. The lowest BCUT2D eigenvalue weighted by atomic mass is 10.1. The number of nitrogens with zero attached hydrogens (tertiary/aromatic N) is 1. The average Bonchev–Trinajstić information content (AvgIpc) is 3.14. The van der Waals surface area contributed by atoms with Crippen LogP contribution in [0, 0.1) is 0 Å². The van der Waals surface area contributed by atoms with E-state index in [2.05, 4.69) is 4.72 Å². The third-order valence-corrected chi connectivity index (χ3v) is 6.55. The second-order valence-electron chi connectivity index (χ2n) is 5.66. The van der Waals surface area contributed by atoms with Gasteiger partial charge in [-0.25, -0.2) is 8.42 Å². The van der Waals surface area contributed by atoms with Gasteiger partial charge in [-0.3, -0.25) is 9.59 Å². The highest BCUT2D eigenvalue weighted by molar-refractivity contribution is 7.91. The largest absolute Gasteiger partial charge is 0.480 e. The van der Waals surface area contributed by atoms with Crippen LogP contribution in [0.3, 0.4) is 0 Å². The molecule has 0 aliphatic rings. The molecule has 7 nitrogen and oxygen atoms in total.